The Morgan fingerprint density at radius 1 is 1.40 bits per heavy atom. The molecular formula is C17H23N3O5. The van der Waals surface area contributed by atoms with Crippen molar-refractivity contribution in [1.29, 1.82) is 0 Å². The molecule has 1 heterocycles. The molecule has 1 amide bonds. The second-order valence-electron chi connectivity index (χ2n) is 5.96. The summed E-state index contributed by atoms with van der Waals surface area (Å²) in [4.78, 5) is 36.7. The minimum absolute atomic E-state index is 0.0372. The normalized spacial score (nSPS) is 17.0. The lowest BCUT2D eigenvalue weighted by Crippen LogP contribution is -2.45. The highest BCUT2D eigenvalue weighted by molar-refractivity contribution is 5.97. The Kier molecular flexibility index (Phi) is 6.32. The van der Waals surface area contributed by atoms with E-state index in [1.807, 2.05) is 6.92 Å². The molecule has 2 rings (SSSR count). The molecule has 0 spiro atoms. The molecule has 136 valence electrons. The topological polar surface area (TPSA) is 102 Å². The Morgan fingerprint density at radius 2 is 2.16 bits per heavy atom. The number of carbonyl (C=O) groups is 2. The third-order valence-electron chi connectivity index (χ3n) is 4.45. The van der Waals surface area contributed by atoms with Crippen LogP contribution in [0.5, 0.6) is 0 Å². The summed E-state index contributed by atoms with van der Waals surface area (Å²) in [6.07, 6.45) is 3.88. The molecule has 0 saturated carbocycles. The molecule has 0 unspecified atom stereocenters. The van der Waals surface area contributed by atoms with Gasteiger partial charge in [0.25, 0.3) is 11.6 Å². The lowest BCUT2D eigenvalue weighted by Gasteiger charge is -2.35. The zero-order valence-electron chi connectivity index (χ0n) is 14.5. The predicted molar refractivity (Wildman–Crippen MR) is 92.6 cm³/mol. The standard InChI is InChI=1S/C17H23N3O5/c1-3-12-6-4-5-9-19(12)16(21)11-25-17(22)14-10-13(20(23)24)7-8-15(14)18-2/h7-8,10,12,18H,3-6,9,11H2,1-2H3/t12-/m1/s1. The maximum absolute atomic E-state index is 12.4. The number of nitro groups is 1. The highest BCUT2D eigenvalue weighted by atomic mass is 16.6. The van der Waals surface area contributed by atoms with Gasteiger partial charge >= 0.3 is 5.97 Å². The van der Waals surface area contributed by atoms with Crippen molar-refractivity contribution in [2.75, 3.05) is 25.5 Å². The van der Waals surface area contributed by atoms with Crippen molar-refractivity contribution in [3.8, 4) is 0 Å². The van der Waals surface area contributed by atoms with Gasteiger partial charge in [-0.25, -0.2) is 4.79 Å². The van der Waals surface area contributed by atoms with Crippen LogP contribution in [0.2, 0.25) is 0 Å². The Balaban J connectivity index is 2.05. The van der Waals surface area contributed by atoms with Gasteiger partial charge in [-0.3, -0.25) is 14.9 Å². The van der Waals surface area contributed by atoms with E-state index in [9.17, 15) is 19.7 Å². The molecular weight excluding hydrogens is 326 g/mol. The van der Waals surface area contributed by atoms with Crippen molar-refractivity contribution in [1.82, 2.24) is 4.90 Å². The van der Waals surface area contributed by atoms with Crippen molar-refractivity contribution in [3.05, 3.63) is 33.9 Å². The third kappa shape index (κ3) is 4.46. The van der Waals surface area contributed by atoms with Gasteiger partial charge < -0.3 is 15.0 Å². The van der Waals surface area contributed by atoms with E-state index in [0.717, 1.165) is 31.7 Å². The minimum Gasteiger partial charge on any atom is -0.452 e. The number of nitrogens with zero attached hydrogens (tertiary/aromatic N) is 2. The van der Waals surface area contributed by atoms with Crippen LogP contribution < -0.4 is 5.32 Å². The maximum atomic E-state index is 12.4. The van der Waals surface area contributed by atoms with Crippen molar-refractivity contribution in [2.24, 2.45) is 0 Å². The SMILES string of the molecule is CC[C@@H]1CCCCN1C(=O)COC(=O)c1cc([N+](=O)[O-])ccc1NC. The highest BCUT2D eigenvalue weighted by Crippen LogP contribution is 2.23. The molecule has 0 aliphatic carbocycles. The molecule has 0 aromatic heterocycles. The van der Waals surface area contributed by atoms with Gasteiger partial charge in [-0.05, 0) is 31.7 Å². The number of rotatable bonds is 6. The summed E-state index contributed by atoms with van der Waals surface area (Å²) in [5, 5.41) is 13.7. The molecule has 0 radical (unpaired) electrons. The van der Waals surface area contributed by atoms with E-state index in [1.165, 1.54) is 12.1 Å². The maximum Gasteiger partial charge on any atom is 0.341 e. The smallest absolute Gasteiger partial charge is 0.341 e. The summed E-state index contributed by atoms with van der Waals surface area (Å²) in [5.74, 6) is -0.984. The van der Waals surface area contributed by atoms with Crippen LogP contribution in [-0.4, -0.2) is 47.9 Å². The summed E-state index contributed by atoms with van der Waals surface area (Å²) in [6.45, 7) is 2.35. The molecule has 1 fully saturated rings. The van der Waals surface area contributed by atoms with E-state index < -0.39 is 10.9 Å². The lowest BCUT2D eigenvalue weighted by molar-refractivity contribution is -0.384. The van der Waals surface area contributed by atoms with Gasteiger partial charge in [-0.15, -0.1) is 0 Å². The number of nitro benzene ring substituents is 1. The van der Waals surface area contributed by atoms with E-state index in [-0.39, 0.29) is 29.8 Å². The largest absolute Gasteiger partial charge is 0.452 e. The molecule has 1 N–H and O–H groups in total. The predicted octanol–water partition coefficient (Wildman–Crippen LogP) is 2.58. The molecule has 1 atom stereocenters. The van der Waals surface area contributed by atoms with Gasteiger partial charge in [0.15, 0.2) is 6.61 Å². The average molecular weight is 349 g/mol. The fourth-order valence-electron chi connectivity index (χ4n) is 3.07. The number of anilines is 1. The molecule has 8 heteroatoms. The molecule has 1 aromatic carbocycles. The van der Waals surface area contributed by atoms with Crippen LogP contribution in [0.25, 0.3) is 0 Å². The van der Waals surface area contributed by atoms with Crippen molar-refractivity contribution in [3.63, 3.8) is 0 Å². The zero-order chi connectivity index (χ0) is 18.4. The zero-order valence-corrected chi connectivity index (χ0v) is 14.5. The third-order valence-corrected chi connectivity index (χ3v) is 4.45. The first-order valence-corrected chi connectivity index (χ1v) is 8.40. The van der Waals surface area contributed by atoms with Crippen molar-refractivity contribution >= 4 is 23.3 Å². The van der Waals surface area contributed by atoms with Gasteiger partial charge in [0.1, 0.15) is 0 Å². The molecule has 8 nitrogen and oxygen atoms in total. The lowest BCUT2D eigenvalue weighted by atomic mass is 10.00. The summed E-state index contributed by atoms with van der Waals surface area (Å²) in [7, 11) is 1.60. The Labute approximate surface area is 146 Å². The van der Waals surface area contributed by atoms with Crippen molar-refractivity contribution in [2.45, 2.75) is 38.6 Å². The number of amides is 1. The van der Waals surface area contributed by atoms with Gasteiger partial charge in [-0.1, -0.05) is 6.92 Å². The van der Waals surface area contributed by atoms with Crippen molar-refractivity contribution < 1.29 is 19.2 Å². The van der Waals surface area contributed by atoms with Crippen LogP contribution in [0, 0.1) is 10.1 Å². The van der Waals surface area contributed by atoms with E-state index >= 15 is 0 Å². The number of benzene rings is 1. The minimum atomic E-state index is -0.758. The van der Waals surface area contributed by atoms with Crippen LogP contribution in [0.15, 0.2) is 18.2 Å². The Hall–Kier alpha value is -2.64. The monoisotopic (exact) mass is 349 g/mol. The van der Waals surface area contributed by atoms with Crippen LogP contribution >= 0.6 is 0 Å². The molecule has 1 saturated heterocycles. The quantitative estimate of drug-likeness (QED) is 0.481. The summed E-state index contributed by atoms with van der Waals surface area (Å²) >= 11 is 0. The number of carbonyl (C=O) groups excluding carboxylic acids is 2. The Bertz CT molecular complexity index is 662. The van der Waals surface area contributed by atoms with E-state index in [0.29, 0.717) is 12.2 Å². The summed E-state index contributed by atoms with van der Waals surface area (Å²) in [6, 6.07) is 4.07. The van der Waals surface area contributed by atoms with Gasteiger partial charge in [0, 0.05) is 37.5 Å². The molecule has 1 aliphatic heterocycles. The van der Waals surface area contributed by atoms with Crippen LogP contribution in [-0.2, 0) is 9.53 Å². The highest BCUT2D eigenvalue weighted by Gasteiger charge is 2.26. The molecule has 1 aromatic rings. The van der Waals surface area contributed by atoms with Crippen LogP contribution in [0.1, 0.15) is 43.0 Å². The number of hydrogen-bond acceptors (Lipinski definition) is 6. The number of hydrogen-bond donors (Lipinski definition) is 1. The number of esters is 1. The average Bonchev–Trinajstić information content (AvgIpc) is 2.64. The van der Waals surface area contributed by atoms with Gasteiger partial charge in [0.05, 0.1) is 10.5 Å². The first-order chi connectivity index (χ1) is 12.0. The molecule has 0 bridgehead atoms. The number of non-ortho nitro benzene ring substituents is 1. The van der Waals surface area contributed by atoms with Gasteiger partial charge in [-0.2, -0.15) is 0 Å². The number of likely N-dealkylation sites (tertiary alicyclic amines) is 1. The van der Waals surface area contributed by atoms with E-state index in [2.05, 4.69) is 5.32 Å². The fraction of sp³-hybridized carbons (Fsp3) is 0.529. The second-order valence-corrected chi connectivity index (χ2v) is 5.96. The number of nitrogens with one attached hydrogen (secondary N) is 1. The first-order valence-electron chi connectivity index (χ1n) is 8.40. The summed E-state index contributed by atoms with van der Waals surface area (Å²) < 4.78 is 5.12. The van der Waals surface area contributed by atoms with Crippen LogP contribution in [0.4, 0.5) is 11.4 Å². The van der Waals surface area contributed by atoms with E-state index in [4.69, 9.17) is 4.74 Å². The van der Waals surface area contributed by atoms with Gasteiger partial charge in [0.2, 0.25) is 0 Å². The fourth-order valence-corrected chi connectivity index (χ4v) is 3.07. The Morgan fingerprint density at radius 3 is 2.80 bits per heavy atom. The molecule has 25 heavy (non-hydrogen) atoms. The number of ether oxygens (including phenoxy) is 1. The first kappa shape index (κ1) is 18.7. The van der Waals surface area contributed by atoms with Crippen LogP contribution in [0.3, 0.4) is 0 Å². The number of piperidine rings is 1. The second kappa shape index (κ2) is 8.46. The van der Waals surface area contributed by atoms with E-state index in [1.54, 1.807) is 11.9 Å². The summed E-state index contributed by atoms with van der Waals surface area (Å²) in [5.41, 5.74) is 0.238. The molecule has 1 aliphatic rings.